The molecule has 4 N–H and O–H groups in total. The quantitative estimate of drug-likeness (QED) is 0.535. The lowest BCUT2D eigenvalue weighted by atomic mass is 9.78. The van der Waals surface area contributed by atoms with Crippen LogP contribution in [0, 0.1) is 5.41 Å². The number of hydrogen-bond acceptors (Lipinski definition) is 3. The molecule has 0 amide bonds. The van der Waals surface area contributed by atoms with Gasteiger partial charge in [-0.2, -0.15) is 0 Å². The van der Waals surface area contributed by atoms with E-state index in [1.807, 2.05) is 0 Å². The third-order valence-corrected chi connectivity index (χ3v) is 2.24. The van der Waals surface area contributed by atoms with Crippen LogP contribution in [0.2, 0.25) is 0 Å². The number of hydrogen-bond donors (Lipinski definition) is 3. The van der Waals surface area contributed by atoms with Crippen molar-refractivity contribution in [1.82, 2.24) is 0 Å². The van der Waals surface area contributed by atoms with Crippen molar-refractivity contribution in [1.29, 1.82) is 0 Å². The second kappa shape index (κ2) is 5.37. The molecule has 0 aliphatic rings. The monoisotopic (exact) mass is 187 g/mol. The van der Waals surface area contributed by atoms with Crippen LogP contribution < -0.4 is 5.73 Å². The van der Waals surface area contributed by atoms with Gasteiger partial charge in [0.15, 0.2) is 0 Å². The highest BCUT2D eigenvalue weighted by Gasteiger charge is 2.28. The average Bonchev–Trinajstić information content (AvgIpc) is 2.01. The first-order valence-corrected chi connectivity index (χ1v) is 4.65. The zero-order valence-corrected chi connectivity index (χ0v) is 8.53. The highest BCUT2D eigenvalue weighted by atomic mass is 16.3. The molecule has 0 aliphatic heterocycles. The summed E-state index contributed by atoms with van der Waals surface area (Å²) in [5.41, 5.74) is 5.29. The van der Waals surface area contributed by atoms with Crippen molar-refractivity contribution in [3.05, 3.63) is 12.7 Å². The second-order valence-corrected chi connectivity index (χ2v) is 3.88. The van der Waals surface area contributed by atoms with Crippen molar-refractivity contribution in [2.24, 2.45) is 11.1 Å². The molecule has 3 heteroatoms. The number of aliphatic hydroxyl groups excluding tert-OH is 2. The summed E-state index contributed by atoms with van der Waals surface area (Å²) in [4.78, 5) is 0. The van der Waals surface area contributed by atoms with Crippen molar-refractivity contribution in [2.45, 2.75) is 38.9 Å². The molecule has 0 heterocycles. The summed E-state index contributed by atoms with van der Waals surface area (Å²) in [5.74, 6) is 0. The summed E-state index contributed by atoms with van der Waals surface area (Å²) >= 11 is 0. The van der Waals surface area contributed by atoms with E-state index in [1.54, 1.807) is 19.9 Å². The van der Waals surface area contributed by atoms with Crippen LogP contribution in [-0.4, -0.2) is 29.0 Å². The van der Waals surface area contributed by atoms with Gasteiger partial charge in [0.1, 0.15) is 0 Å². The molecule has 0 rings (SSSR count). The van der Waals surface area contributed by atoms with E-state index in [1.165, 1.54) is 0 Å². The SMILES string of the molecule is C=CC(CN)(CC(C)O)CC(C)O. The molecule has 0 radical (unpaired) electrons. The third kappa shape index (κ3) is 4.41. The van der Waals surface area contributed by atoms with E-state index in [2.05, 4.69) is 6.58 Å². The van der Waals surface area contributed by atoms with Crippen LogP contribution in [0.5, 0.6) is 0 Å². The predicted molar refractivity (Wildman–Crippen MR) is 54.3 cm³/mol. The highest BCUT2D eigenvalue weighted by molar-refractivity contribution is 4.97. The first-order chi connectivity index (χ1) is 5.95. The standard InChI is InChI=1S/C10H21NO2/c1-4-10(7-11,5-8(2)12)6-9(3)13/h4,8-9,12-13H,1,5-7,11H2,2-3H3. The van der Waals surface area contributed by atoms with E-state index < -0.39 is 12.2 Å². The van der Waals surface area contributed by atoms with Crippen molar-refractivity contribution < 1.29 is 10.2 Å². The molecule has 0 spiro atoms. The zero-order chi connectivity index (χ0) is 10.5. The molecule has 3 nitrogen and oxygen atoms in total. The minimum absolute atomic E-state index is 0.331. The minimum atomic E-state index is -0.416. The highest BCUT2D eigenvalue weighted by Crippen LogP contribution is 2.29. The smallest absolute Gasteiger partial charge is 0.0520 e. The Kier molecular flexibility index (Phi) is 5.21. The summed E-state index contributed by atoms with van der Waals surface area (Å²) in [6.07, 6.45) is 2.02. The van der Waals surface area contributed by atoms with Crippen molar-refractivity contribution in [2.75, 3.05) is 6.54 Å². The molecule has 2 atom stereocenters. The third-order valence-electron chi connectivity index (χ3n) is 2.24. The summed E-state index contributed by atoms with van der Waals surface area (Å²) in [5, 5.41) is 18.6. The molecule has 0 aromatic heterocycles. The maximum absolute atomic E-state index is 9.28. The Morgan fingerprint density at radius 2 is 1.69 bits per heavy atom. The van der Waals surface area contributed by atoms with Gasteiger partial charge in [-0.3, -0.25) is 0 Å². The van der Waals surface area contributed by atoms with Gasteiger partial charge in [0, 0.05) is 12.0 Å². The van der Waals surface area contributed by atoms with E-state index in [4.69, 9.17) is 5.73 Å². The Morgan fingerprint density at radius 1 is 1.31 bits per heavy atom. The molecular weight excluding hydrogens is 166 g/mol. The van der Waals surface area contributed by atoms with Crippen molar-refractivity contribution in [3.8, 4) is 0 Å². The van der Waals surface area contributed by atoms with Gasteiger partial charge in [-0.05, 0) is 26.7 Å². The molecule has 13 heavy (non-hydrogen) atoms. The number of nitrogens with two attached hydrogens (primary N) is 1. The topological polar surface area (TPSA) is 66.5 Å². The van der Waals surface area contributed by atoms with Gasteiger partial charge in [-0.1, -0.05) is 6.08 Å². The maximum atomic E-state index is 9.28. The zero-order valence-electron chi connectivity index (χ0n) is 8.53. The fraction of sp³-hybridized carbons (Fsp3) is 0.800. The van der Waals surface area contributed by atoms with Crippen molar-refractivity contribution >= 4 is 0 Å². The van der Waals surface area contributed by atoms with Crippen LogP contribution in [-0.2, 0) is 0 Å². The Morgan fingerprint density at radius 3 is 1.85 bits per heavy atom. The predicted octanol–water partition coefficient (Wildman–Crippen LogP) is 0.659. The van der Waals surface area contributed by atoms with E-state index in [0.717, 1.165) is 0 Å². The number of aliphatic hydroxyl groups is 2. The van der Waals surface area contributed by atoms with Crippen LogP contribution in [0.1, 0.15) is 26.7 Å². The molecule has 0 aromatic rings. The van der Waals surface area contributed by atoms with E-state index in [-0.39, 0.29) is 5.41 Å². The molecule has 0 saturated carbocycles. The molecular formula is C10H21NO2. The van der Waals surface area contributed by atoms with Gasteiger partial charge in [0.25, 0.3) is 0 Å². The lowest BCUT2D eigenvalue weighted by Crippen LogP contribution is -2.34. The van der Waals surface area contributed by atoms with Crippen LogP contribution in [0.15, 0.2) is 12.7 Å². The fourth-order valence-electron chi connectivity index (χ4n) is 1.68. The summed E-state index contributed by atoms with van der Waals surface area (Å²) in [6, 6.07) is 0. The van der Waals surface area contributed by atoms with Gasteiger partial charge in [0.05, 0.1) is 12.2 Å². The molecule has 0 bridgehead atoms. The average molecular weight is 187 g/mol. The normalized spacial score (nSPS) is 20.4. The lowest BCUT2D eigenvalue weighted by Gasteiger charge is -2.31. The van der Waals surface area contributed by atoms with Crippen molar-refractivity contribution in [3.63, 3.8) is 0 Å². The Hall–Kier alpha value is -0.380. The van der Waals surface area contributed by atoms with Crippen LogP contribution >= 0.6 is 0 Å². The van der Waals surface area contributed by atoms with Gasteiger partial charge < -0.3 is 15.9 Å². The molecule has 0 aliphatic carbocycles. The van der Waals surface area contributed by atoms with Crippen LogP contribution in [0.4, 0.5) is 0 Å². The van der Waals surface area contributed by atoms with E-state index >= 15 is 0 Å². The van der Waals surface area contributed by atoms with E-state index in [0.29, 0.717) is 19.4 Å². The fourth-order valence-corrected chi connectivity index (χ4v) is 1.68. The summed E-state index contributed by atoms with van der Waals surface area (Å²) in [6.45, 7) is 7.55. The summed E-state index contributed by atoms with van der Waals surface area (Å²) < 4.78 is 0. The number of rotatable bonds is 6. The minimum Gasteiger partial charge on any atom is -0.393 e. The Bertz CT molecular complexity index is 145. The first-order valence-electron chi connectivity index (χ1n) is 4.65. The molecule has 0 fully saturated rings. The first kappa shape index (κ1) is 12.6. The molecule has 0 saturated heterocycles. The van der Waals surface area contributed by atoms with Gasteiger partial charge in [0.2, 0.25) is 0 Å². The van der Waals surface area contributed by atoms with Gasteiger partial charge in [-0.25, -0.2) is 0 Å². The summed E-state index contributed by atoms with van der Waals surface area (Å²) in [7, 11) is 0. The molecule has 2 unspecified atom stereocenters. The van der Waals surface area contributed by atoms with Gasteiger partial charge >= 0.3 is 0 Å². The molecule has 0 aromatic carbocycles. The second-order valence-electron chi connectivity index (χ2n) is 3.88. The van der Waals surface area contributed by atoms with Crippen LogP contribution in [0.3, 0.4) is 0 Å². The van der Waals surface area contributed by atoms with Crippen LogP contribution in [0.25, 0.3) is 0 Å². The lowest BCUT2D eigenvalue weighted by molar-refractivity contribution is 0.0904. The Balaban J connectivity index is 4.39. The molecule has 78 valence electrons. The van der Waals surface area contributed by atoms with E-state index in [9.17, 15) is 10.2 Å². The van der Waals surface area contributed by atoms with Gasteiger partial charge in [-0.15, -0.1) is 6.58 Å². The Labute approximate surface area is 80.3 Å². The maximum Gasteiger partial charge on any atom is 0.0520 e. The largest absolute Gasteiger partial charge is 0.393 e.